The molecule has 1 amide bonds. The summed E-state index contributed by atoms with van der Waals surface area (Å²) in [5.74, 6) is -0.250. The minimum absolute atomic E-state index is 0.250. The Morgan fingerprint density at radius 2 is 0.769 bits per heavy atom. The maximum absolute atomic E-state index is 13.3. The zero-order chi connectivity index (χ0) is 65.9. The van der Waals surface area contributed by atoms with Gasteiger partial charge in [0.1, 0.15) is 48.8 Å². The van der Waals surface area contributed by atoms with Crippen LogP contribution in [0.15, 0.2) is 85.1 Å². The average molecular weight is 1280 g/mol. The van der Waals surface area contributed by atoms with Gasteiger partial charge in [-0.2, -0.15) is 0 Å². The first kappa shape index (κ1) is 84.3. The van der Waals surface area contributed by atoms with E-state index in [0.29, 0.717) is 12.8 Å². The van der Waals surface area contributed by atoms with Crippen LogP contribution in [0.2, 0.25) is 0 Å². The highest BCUT2D eigenvalue weighted by Crippen LogP contribution is 2.30. The number of hydrogen-bond donors (Lipinski definition) is 9. The molecule has 0 aromatic rings. The highest BCUT2D eigenvalue weighted by Gasteiger charge is 2.51. The van der Waals surface area contributed by atoms with E-state index in [9.17, 15) is 45.6 Å². The molecule has 2 heterocycles. The molecule has 0 radical (unpaired) electrons. The number of nitrogens with one attached hydrogen (secondary N) is 1. The zero-order valence-electron chi connectivity index (χ0n) is 57.6. The predicted molar refractivity (Wildman–Crippen MR) is 373 cm³/mol. The molecule has 2 aliphatic rings. The molecular weight excluding hydrogens is 1150 g/mol. The lowest BCUT2D eigenvalue weighted by atomic mass is 9.97. The first-order valence-electron chi connectivity index (χ1n) is 37.3. The second-order valence-electron chi connectivity index (χ2n) is 26.0. The number of ether oxygens (including phenoxy) is 4. The van der Waals surface area contributed by atoms with Crippen molar-refractivity contribution in [3.8, 4) is 0 Å². The van der Waals surface area contributed by atoms with Gasteiger partial charge in [-0.25, -0.2) is 0 Å². The van der Waals surface area contributed by atoms with Crippen LogP contribution < -0.4 is 5.32 Å². The Kier molecular flexibility index (Phi) is 56.3. The number of hydrogen-bond acceptors (Lipinski definition) is 13. The Labute approximate surface area is 554 Å². The molecule has 0 aliphatic carbocycles. The number of allylic oxidation sites excluding steroid dienone is 13. The van der Waals surface area contributed by atoms with E-state index in [1.165, 1.54) is 199 Å². The van der Waals surface area contributed by atoms with E-state index < -0.39 is 86.8 Å². The van der Waals surface area contributed by atoms with Crippen molar-refractivity contribution in [1.29, 1.82) is 0 Å². The van der Waals surface area contributed by atoms with Crippen LogP contribution in [0.4, 0.5) is 0 Å². The van der Waals surface area contributed by atoms with Crippen LogP contribution in [-0.4, -0.2) is 140 Å². The van der Waals surface area contributed by atoms with Crippen LogP contribution in [0, 0.1) is 0 Å². The Hall–Kier alpha value is -2.83. The summed E-state index contributed by atoms with van der Waals surface area (Å²) in [6.07, 6.45) is 68.1. The van der Waals surface area contributed by atoms with Gasteiger partial charge in [-0.15, -0.1) is 0 Å². The number of rotatable bonds is 61. The zero-order valence-corrected chi connectivity index (χ0v) is 57.6. The van der Waals surface area contributed by atoms with Crippen LogP contribution in [0.5, 0.6) is 0 Å². The number of aliphatic hydroxyl groups is 8. The number of unbranched alkanes of at least 4 members (excludes halogenated alkanes) is 36. The summed E-state index contributed by atoms with van der Waals surface area (Å²) < 4.78 is 22.8. The fourth-order valence-corrected chi connectivity index (χ4v) is 11.9. The molecule has 528 valence electrons. The van der Waals surface area contributed by atoms with E-state index in [4.69, 9.17) is 18.9 Å². The summed E-state index contributed by atoms with van der Waals surface area (Å²) in [6.45, 7) is 2.68. The van der Waals surface area contributed by atoms with Crippen molar-refractivity contribution in [3.63, 3.8) is 0 Å². The van der Waals surface area contributed by atoms with E-state index in [0.717, 1.165) is 70.6 Å². The first-order chi connectivity index (χ1) is 44.6. The molecule has 2 rings (SSSR count). The number of aliphatic hydroxyl groups excluding tert-OH is 8. The van der Waals surface area contributed by atoms with Crippen molar-refractivity contribution < 1.29 is 64.6 Å². The van der Waals surface area contributed by atoms with Gasteiger partial charge in [0, 0.05) is 6.42 Å². The van der Waals surface area contributed by atoms with Gasteiger partial charge < -0.3 is 65.1 Å². The summed E-state index contributed by atoms with van der Waals surface area (Å²) in [6, 6.07) is -0.940. The minimum atomic E-state index is -1.79. The van der Waals surface area contributed by atoms with Crippen molar-refractivity contribution >= 4 is 5.91 Å². The van der Waals surface area contributed by atoms with Gasteiger partial charge in [-0.1, -0.05) is 298 Å². The molecule has 0 bridgehead atoms. The molecule has 0 aromatic carbocycles. The summed E-state index contributed by atoms with van der Waals surface area (Å²) >= 11 is 0. The predicted octanol–water partition coefficient (Wildman–Crippen LogP) is 16.0. The third-order valence-electron chi connectivity index (χ3n) is 17.8. The molecular formula is C77H137NO13. The quantitative estimate of drug-likeness (QED) is 0.0204. The van der Waals surface area contributed by atoms with Gasteiger partial charge in [0.25, 0.3) is 0 Å². The SMILES string of the molecule is CC/C=C\C/C=C\C/C=C\C/C=C\CCCCCCCCCCCCCCCCCCCCCCCCCCCCC(=O)NC(COC1OC(CO)C(OC2OC(CO)C(O)C(O)C2O)C(O)C1O)C(O)/C=C/CC/C=C/CC/C=C/CCCCCCCCCC. The summed E-state index contributed by atoms with van der Waals surface area (Å²) in [4.78, 5) is 13.3. The molecule has 2 saturated heterocycles. The fourth-order valence-electron chi connectivity index (χ4n) is 11.9. The largest absolute Gasteiger partial charge is 0.394 e. The van der Waals surface area contributed by atoms with E-state index in [1.54, 1.807) is 6.08 Å². The summed E-state index contributed by atoms with van der Waals surface area (Å²) in [7, 11) is 0. The topological polar surface area (TPSA) is 228 Å². The minimum Gasteiger partial charge on any atom is -0.394 e. The van der Waals surface area contributed by atoms with Gasteiger partial charge in [-0.05, 0) is 83.5 Å². The summed E-state index contributed by atoms with van der Waals surface area (Å²) in [5.41, 5.74) is 0. The lowest BCUT2D eigenvalue weighted by Crippen LogP contribution is -2.65. The molecule has 12 unspecified atom stereocenters. The number of amides is 1. The monoisotopic (exact) mass is 1280 g/mol. The van der Waals surface area contributed by atoms with Crippen LogP contribution in [0.25, 0.3) is 0 Å². The van der Waals surface area contributed by atoms with E-state index in [-0.39, 0.29) is 18.9 Å². The van der Waals surface area contributed by atoms with E-state index in [1.807, 2.05) is 6.08 Å². The second kappa shape index (κ2) is 60.8. The lowest BCUT2D eigenvalue weighted by molar-refractivity contribution is -0.359. The lowest BCUT2D eigenvalue weighted by Gasteiger charge is -2.46. The highest BCUT2D eigenvalue weighted by molar-refractivity contribution is 5.76. The second-order valence-corrected chi connectivity index (χ2v) is 26.0. The standard InChI is InChI=1S/C77H137NO13/c1-3-5-7-9-11-13-15-17-19-21-23-24-25-26-27-28-29-30-31-32-33-34-35-36-37-38-39-40-41-42-43-45-47-49-51-53-55-57-59-61-69(82)78-65(66(81)60-58-56-54-52-50-48-46-44-22-20-18-16-14-12-10-8-6-4-2)64-88-76-74(87)72(85)75(68(63-80)90-76)91-77-73(86)71(84)70(83)67(62-79)89-77/h5,7,11,13,17,19,22-24,44,50,52,58,60,65-68,70-77,79-81,83-87H,3-4,6,8-10,12,14-16,18,20-21,25-43,45-49,51,53-57,59,61-64H2,1-2H3,(H,78,82)/b7-5-,13-11-,19-17-,24-23-,44-22+,52-50+,60-58+. The van der Waals surface area contributed by atoms with E-state index in [2.05, 4.69) is 92.1 Å². The molecule has 91 heavy (non-hydrogen) atoms. The van der Waals surface area contributed by atoms with Crippen molar-refractivity contribution in [2.75, 3.05) is 19.8 Å². The molecule has 0 saturated carbocycles. The molecule has 14 nitrogen and oxygen atoms in total. The van der Waals surface area contributed by atoms with Gasteiger partial charge in [-0.3, -0.25) is 4.79 Å². The molecule has 0 aromatic heterocycles. The van der Waals surface area contributed by atoms with Crippen molar-refractivity contribution in [1.82, 2.24) is 5.32 Å². The van der Waals surface area contributed by atoms with Crippen LogP contribution in [0.3, 0.4) is 0 Å². The average Bonchev–Trinajstić information content (AvgIpc) is 1.19. The van der Waals surface area contributed by atoms with Gasteiger partial charge in [0.15, 0.2) is 12.6 Å². The van der Waals surface area contributed by atoms with Crippen molar-refractivity contribution in [2.45, 2.75) is 376 Å². The molecule has 12 atom stereocenters. The molecule has 9 N–H and O–H groups in total. The summed E-state index contributed by atoms with van der Waals surface area (Å²) in [5, 5.41) is 87.4. The van der Waals surface area contributed by atoms with E-state index >= 15 is 0 Å². The molecule has 2 aliphatic heterocycles. The fraction of sp³-hybridized carbons (Fsp3) is 0.805. The Morgan fingerprint density at radius 1 is 0.407 bits per heavy atom. The smallest absolute Gasteiger partial charge is 0.220 e. The normalized spacial score (nSPS) is 23.3. The maximum Gasteiger partial charge on any atom is 0.220 e. The van der Waals surface area contributed by atoms with Gasteiger partial charge in [0.05, 0.1) is 32.0 Å². The Bertz CT molecular complexity index is 1850. The highest BCUT2D eigenvalue weighted by atomic mass is 16.7. The Morgan fingerprint density at radius 3 is 1.21 bits per heavy atom. The van der Waals surface area contributed by atoms with Crippen LogP contribution >= 0.6 is 0 Å². The van der Waals surface area contributed by atoms with Gasteiger partial charge in [0.2, 0.25) is 5.91 Å². The van der Waals surface area contributed by atoms with Crippen molar-refractivity contribution in [3.05, 3.63) is 85.1 Å². The number of carbonyl (C=O) groups excluding carboxylic acids is 1. The Balaban J connectivity index is 1.59. The first-order valence-corrected chi connectivity index (χ1v) is 37.3. The van der Waals surface area contributed by atoms with Gasteiger partial charge >= 0.3 is 0 Å². The van der Waals surface area contributed by atoms with Crippen LogP contribution in [0.1, 0.15) is 303 Å². The number of carbonyl (C=O) groups is 1. The molecule has 0 spiro atoms. The molecule has 14 heteroatoms. The molecule has 2 fully saturated rings. The maximum atomic E-state index is 13.3. The third kappa shape index (κ3) is 44.5. The van der Waals surface area contributed by atoms with Crippen LogP contribution in [-0.2, 0) is 23.7 Å². The third-order valence-corrected chi connectivity index (χ3v) is 17.8. The van der Waals surface area contributed by atoms with Crippen molar-refractivity contribution in [2.24, 2.45) is 0 Å².